The van der Waals surface area contributed by atoms with E-state index in [0.29, 0.717) is 0 Å². The predicted octanol–water partition coefficient (Wildman–Crippen LogP) is 0.455. The van der Waals surface area contributed by atoms with Crippen LogP contribution < -0.4 is 10.5 Å². The van der Waals surface area contributed by atoms with Crippen LogP contribution in [0.1, 0.15) is 33.1 Å². The van der Waals surface area contributed by atoms with Crippen LogP contribution in [-0.4, -0.2) is 49.2 Å². The molecule has 0 spiro atoms. The molecule has 1 fully saturated rings. The molecule has 5 nitrogen and oxygen atoms in total. The SMILES string of the molecule is CCCN1CCC(NS(=O)(=O)C(C)C(N)=S)CC1. The lowest BCUT2D eigenvalue weighted by atomic mass is 10.1. The third-order valence-corrected chi connectivity index (χ3v) is 5.67. The second-order valence-electron chi connectivity index (χ2n) is 4.82. The number of hydrogen-bond donors (Lipinski definition) is 2. The molecular formula is C11H23N3O2S2. The van der Waals surface area contributed by atoms with Gasteiger partial charge in [-0.15, -0.1) is 0 Å². The number of nitrogens with zero attached hydrogens (tertiary/aromatic N) is 1. The van der Waals surface area contributed by atoms with Gasteiger partial charge in [0.2, 0.25) is 10.0 Å². The average molecular weight is 293 g/mol. The molecule has 0 amide bonds. The minimum atomic E-state index is -3.42. The number of sulfonamides is 1. The fourth-order valence-corrected chi connectivity index (χ4v) is 3.67. The van der Waals surface area contributed by atoms with Crippen LogP contribution in [0, 0.1) is 0 Å². The van der Waals surface area contributed by atoms with Crippen molar-refractivity contribution in [2.45, 2.75) is 44.4 Å². The largest absolute Gasteiger partial charge is 0.392 e. The first-order valence-electron chi connectivity index (χ1n) is 6.39. The maximum absolute atomic E-state index is 12.0. The molecule has 0 aromatic rings. The lowest BCUT2D eigenvalue weighted by Gasteiger charge is -2.32. The molecule has 1 aliphatic heterocycles. The first-order valence-corrected chi connectivity index (χ1v) is 8.35. The van der Waals surface area contributed by atoms with Crippen molar-refractivity contribution in [2.24, 2.45) is 5.73 Å². The Morgan fingerprint density at radius 1 is 1.50 bits per heavy atom. The number of nitrogens with two attached hydrogens (primary N) is 1. The van der Waals surface area contributed by atoms with E-state index >= 15 is 0 Å². The Morgan fingerprint density at radius 3 is 2.50 bits per heavy atom. The molecule has 0 radical (unpaired) electrons. The van der Waals surface area contributed by atoms with E-state index in [1.54, 1.807) is 0 Å². The molecule has 106 valence electrons. The zero-order chi connectivity index (χ0) is 13.8. The van der Waals surface area contributed by atoms with Crippen molar-refractivity contribution in [3.63, 3.8) is 0 Å². The van der Waals surface area contributed by atoms with Crippen LogP contribution >= 0.6 is 12.2 Å². The van der Waals surface area contributed by atoms with Gasteiger partial charge in [-0.3, -0.25) is 0 Å². The van der Waals surface area contributed by atoms with Gasteiger partial charge < -0.3 is 10.6 Å². The van der Waals surface area contributed by atoms with Crippen molar-refractivity contribution in [3.8, 4) is 0 Å². The molecule has 3 N–H and O–H groups in total. The van der Waals surface area contributed by atoms with Crippen LogP contribution in [0.15, 0.2) is 0 Å². The van der Waals surface area contributed by atoms with Gasteiger partial charge in [-0.25, -0.2) is 13.1 Å². The smallest absolute Gasteiger partial charge is 0.220 e. The summed E-state index contributed by atoms with van der Waals surface area (Å²) in [6.07, 6.45) is 2.83. The van der Waals surface area contributed by atoms with Gasteiger partial charge in [-0.1, -0.05) is 19.1 Å². The molecule has 7 heteroatoms. The predicted molar refractivity (Wildman–Crippen MR) is 78.1 cm³/mol. The Hall–Kier alpha value is -0.240. The summed E-state index contributed by atoms with van der Waals surface area (Å²) in [6, 6.07) is 0.0138. The monoisotopic (exact) mass is 293 g/mol. The summed E-state index contributed by atoms with van der Waals surface area (Å²) in [5.41, 5.74) is 5.39. The Balaban J connectivity index is 2.48. The third kappa shape index (κ3) is 4.46. The molecule has 0 aromatic carbocycles. The van der Waals surface area contributed by atoms with Gasteiger partial charge in [-0.05, 0) is 45.8 Å². The van der Waals surface area contributed by atoms with Crippen LogP contribution in [0.3, 0.4) is 0 Å². The Labute approximate surface area is 115 Å². The van der Waals surface area contributed by atoms with Crippen molar-refractivity contribution >= 4 is 27.2 Å². The van der Waals surface area contributed by atoms with Crippen LogP contribution in [0.4, 0.5) is 0 Å². The highest BCUT2D eigenvalue weighted by molar-refractivity contribution is 7.93. The summed E-state index contributed by atoms with van der Waals surface area (Å²) < 4.78 is 26.6. The Bertz CT molecular complexity index is 376. The van der Waals surface area contributed by atoms with Gasteiger partial charge in [0.1, 0.15) is 5.25 Å². The lowest BCUT2D eigenvalue weighted by molar-refractivity contribution is 0.208. The number of rotatable bonds is 6. The van der Waals surface area contributed by atoms with Gasteiger partial charge >= 0.3 is 0 Å². The van der Waals surface area contributed by atoms with E-state index in [9.17, 15) is 8.42 Å². The van der Waals surface area contributed by atoms with Crippen molar-refractivity contribution in [2.75, 3.05) is 19.6 Å². The van der Waals surface area contributed by atoms with E-state index in [0.717, 1.165) is 38.9 Å². The van der Waals surface area contributed by atoms with E-state index in [-0.39, 0.29) is 11.0 Å². The van der Waals surface area contributed by atoms with Crippen LogP contribution in [0.5, 0.6) is 0 Å². The van der Waals surface area contributed by atoms with Crippen molar-refractivity contribution < 1.29 is 8.42 Å². The standard InChI is InChI=1S/C11H23N3O2S2/c1-3-6-14-7-4-10(5-8-14)13-18(15,16)9(2)11(12)17/h9-10,13H,3-8H2,1-2H3,(H2,12,17). The van der Waals surface area contributed by atoms with Crippen LogP contribution in [-0.2, 0) is 10.0 Å². The zero-order valence-corrected chi connectivity index (χ0v) is 12.7. The van der Waals surface area contributed by atoms with Gasteiger partial charge in [0.05, 0.1) is 4.99 Å². The second kappa shape index (κ2) is 6.79. The molecule has 1 rings (SSSR count). The first-order chi connectivity index (χ1) is 8.36. The summed E-state index contributed by atoms with van der Waals surface area (Å²) in [5.74, 6) is 0. The number of hydrogen-bond acceptors (Lipinski definition) is 4. The minimum Gasteiger partial charge on any atom is -0.392 e. The summed E-state index contributed by atoms with van der Waals surface area (Å²) in [7, 11) is -3.42. The third-order valence-electron chi connectivity index (χ3n) is 3.32. The summed E-state index contributed by atoms with van der Waals surface area (Å²) in [6.45, 7) is 6.66. The molecule has 0 aliphatic carbocycles. The van der Waals surface area contributed by atoms with Crippen molar-refractivity contribution in [1.82, 2.24) is 9.62 Å². The lowest BCUT2D eigenvalue weighted by Crippen LogP contribution is -2.48. The molecule has 1 aliphatic rings. The van der Waals surface area contributed by atoms with E-state index in [1.807, 2.05) is 0 Å². The van der Waals surface area contributed by atoms with E-state index in [2.05, 4.69) is 16.5 Å². The molecule has 0 saturated carbocycles. The fraction of sp³-hybridized carbons (Fsp3) is 0.909. The molecule has 1 unspecified atom stereocenters. The average Bonchev–Trinajstić information content (AvgIpc) is 2.30. The number of likely N-dealkylation sites (tertiary alicyclic amines) is 1. The van der Waals surface area contributed by atoms with E-state index in [1.165, 1.54) is 6.92 Å². The fourth-order valence-electron chi connectivity index (χ4n) is 2.08. The van der Waals surface area contributed by atoms with Crippen molar-refractivity contribution in [3.05, 3.63) is 0 Å². The number of piperidine rings is 1. The number of nitrogens with one attached hydrogen (secondary N) is 1. The maximum Gasteiger partial charge on any atom is 0.220 e. The topological polar surface area (TPSA) is 75.4 Å². The molecule has 18 heavy (non-hydrogen) atoms. The quantitative estimate of drug-likeness (QED) is 0.696. The van der Waals surface area contributed by atoms with Crippen LogP contribution in [0.25, 0.3) is 0 Å². The van der Waals surface area contributed by atoms with Gasteiger partial charge in [0.15, 0.2) is 0 Å². The molecule has 1 atom stereocenters. The highest BCUT2D eigenvalue weighted by Gasteiger charge is 2.28. The second-order valence-corrected chi connectivity index (χ2v) is 7.33. The minimum absolute atomic E-state index is 0.0138. The summed E-state index contributed by atoms with van der Waals surface area (Å²) >= 11 is 4.74. The molecule has 0 aromatic heterocycles. The zero-order valence-electron chi connectivity index (χ0n) is 11.1. The molecule has 0 bridgehead atoms. The van der Waals surface area contributed by atoms with Crippen molar-refractivity contribution in [1.29, 1.82) is 0 Å². The highest BCUT2D eigenvalue weighted by atomic mass is 32.2. The van der Waals surface area contributed by atoms with Gasteiger partial charge in [0.25, 0.3) is 0 Å². The van der Waals surface area contributed by atoms with Gasteiger partial charge in [0, 0.05) is 6.04 Å². The Kier molecular flexibility index (Phi) is 5.97. The van der Waals surface area contributed by atoms with Crippen LogP contribution in [0.2, 0.25) is 0 Å². The molecular weight excluding hydrogens is 270 g/mol. The maximum atomic E-state index is 12.0. The normalized spacial score (nSPS) is 20.8. The van der Waals surface area contributed by atoms with E-state index in [4.69, 9.17) is 18.0 Å². The summed E-state index contributed by atoms with van der Waals surface area (Å²) in [5, 5.41) is -0.804. The highest BCUT2D eigenvalue weighted by Crippen LogP contribution is 2.13. The van der Waals surface area contributed by atoms with Gasteiger partial charge in [-0.2, -0.15) is 0 Å². The summed E-state index contributed by atoms with van der Waals surface area (Å²) in [4.78, 5) is 2.38. The Morgan fingerprint density at radius 2 is 2.06 bits per heavy atom. The number of thiocarbonyl (C=S) groups is 1. The van der Waals surface area contributed by atoms with E-state index < -0.39 is 15.3 Å². The molecule has 1 heterocycles. The first kappa shape index (κ1) is 15.8. The molecule has 1 saturated heterocycles.